The van der Waals surface area contributed by atoms with E-state index in [4.69, 9.17) is 16.3 Å². The van der Waals surface area contributed by atoms with E-state index in [2.05, 4.69) is 22.2 Å². The number of ether oxygens (including phenoxy) is 1. The zero-order valence-electron chi connectivity index (χ0n) is 20.5. The van der Waals surface area contributed by atoms with Gasteiger partial charge >= 0.3 is 6.18 Å². The summed E-state index contributed by atoms with van der Waals surface area (Å²) in [5.41, 5.74) is 2.60. The van der Waals surface area contributed by atoms with E-state index in [0.29, 0.717) is 29.4 Å². The van der Waals surface area contributed by atoms with Crippen LogP contribution in [0.3, 0.4) is 0 Å². The average Bonchev–Trinajstić information content (AvgIpc) is 2.88. The molecular formula is C28H29ClF3N3O2. The second-order valence-corrected chi connectivity index (χ2v) is 9.61. The summed E-state index contributed by atoms with van der Waals surface area (Å²) >= 11 is 5.90. The Labute approximate surface area is 219 Å². The zero-order valence-corrected chi connectivity index (χ0v) is 21.3. The van der Waals surface area contributed by atoms with Crippen molar-refractivity contribution >= 4 is 17.5 Å². The lowest BCUT2D eigenvalue weighted by Crippen LogP contribution is -2.43. The number of benzene rings is 3. The molecule has 1 aliphatic heterocycles. The van der Waals surface area contributed by atoms with Gasteiger partial charge in [0.05, 0.1) is 5.56 Å². The van der Waals surface area contributed by atoms with Crippen molar-refractivity contribution in [3.8, 4) is 16.9 Å². The van der Waals surface area contributed by atoms with Crippen molar-refractivity contribution in [3.63, 3.8) is 0 Å². The van der Waals surface area contributed by atoms with Crippen molar-refractivity contribution in [1.29, 1.82) is 0 Å². The highest BCUT2D eigenvalue weighted by atomic mass is 35.5. The first-order chi connectivity index (χ1) is 17.7. The first-order valence-corrected chi connectivity index (χ1v) is 12.4. The van der Waals surface area contributed by atoms with Gasteiger partial charge in [-0.3, -0.25) is 9.69 Å². The molecule has 0 aliphatic carbocycles. The van der Waals surface area contributed by atoms with E-state index < -0.39 is 11.7 Å². The second-order valence-electron chi connectivity index (χ2n) is 9.17. The number of halogens is 4. The fourth-order valence-electron chi connectivity index (χ4n) is 4.12. The van der Waals surface area contributed by atoms with E-state index in [1.165, 1.54) is 12.1 Å². The SMILES string of the molecule is CN1CCN(Cc2cc(-c3ccc(C(F)(F)F)cc3)ccc2OCC(=O)NCc2ccc(Cl)cc2)CC1. The minimum atomic E-state index is -4.38. The highest BCUT2D eigenvalue weighted by Gasteiger charge is 2.30. The van der Waals surface area contributed by atoms with Gasteiger partial charge in [-0.1, -0.05) is 41.9 Å². The zero-order chi connectivity index (χ0) is 26.4. The topological polar surface area (TPSA) is 44.8 Å². The van der Waals surface area contributed by atoms with Crippen molar-refractivity contribution < 1.29 is 22.7 Å². The number of alkyl halides is 3. The summed E-state index contributed by atoms with van der Waals surface area (Å²) in [7, 11) is 2.08. The Bertz CT molecular complexity index is 1190. The molecule has 1 saturated heterocycles. The molecular weight excluding hydrogens is 503 g/mol. The monoisotopic (exact) mass is 531 g/mol. The predicted molar refractivity (Wildman–Crippen MR) is 138 cm³/mol. The second kappa shape index (κ2) is 12.0. The largest absolute Gasteiger partial charge is 0.483 e. The van der Waals surface area contributed by atoms with Gasteiger partial charge in [-0.05, 0) is 60.1 Å². The van der Waals surface area contributed by atoms with Gasteiger partial charge in [0, 0.05) is 49.9 Å². The molecule has 1 fully saturated rings. The molecule has 1 amide bonds. The lowest BCUT2D eigenvalue weighted by Gasteiger charge is -2.32. The van der Waals surface area contributed by atoms with Gasteiger partial charge in [0.2, 0.25) is 0 Å². The third-order valence-electron chi connectivity index (χ3n) is 6.36. The van der Waals surface area contributed by atoms with Crippen LogP contribution in [-0.2, 0) is 24.1 Å². The molecule has 0 atom stereocenters. The number of hydrogen-bond acceptors (Lipinski definition) is 4. The molecule has 0 saturated carbocycles. The molecule has 1 aliphatic rings. The lowest BCUT2D eigenvalue weighted by atomic mass is 10.0. The highest BCUT2D eigenvalue weighted by Crippen LogP contribution is 2.32. The first kappa shape index (κ1) is 27.0. The van der Waals surface area contributed by atoms with E-state index in [1.807, 2.05) is 18.2 Å². The van der Waals surface area contributed by atoms with Crippen molar-refractivity contribution in [1.82, 2.24) is 15.1 Å². The molecule has 5 nitrogen and oxygen atoms in total. The number of hydrogen-bond donors (Lipinski definition) is 1. The molecule has 0 radical (unpaired) electrons. The smallest absolute Gasteiger partial charge is 0.416 e. The van der Waals surface area contributed by atoms with Crippen LogP contribution in [-0.4, -0.2) is 55.5 Å². The van der Waals surface area contributed by atoms with Gasteiger partial charge in [-0.25, -0.2) is 0 Å². The normalized spacial score (nSPS) is 14.9. The maximum atomic E-state index is 13.0. The number of rotatable bonds is 8. The fourth-order valence-corrected chi connectivity index (χ4v) is 4.25. The Morgan fingerprint density at radius 2 is 1.59 bits per heavy atom. The molecule has 1 heterocycles. The summed E-state index contributed by atoms with van der Waals surface area (Å²) < 4.78 is 44.8. The van der Waals surface area contributed by atoms with Crippen LogP contribution in [0.25, 0.3) is 11.1 Å². The van der Waals surface area contributed by atoms with E-state index in [1.54, 1.807) is 24.3 Å². The molecule has 0 spiro atoms. The first-order valence-electron chi connectivity index (χ1n) is 12.0. The van der Waals surface area contributed by atoms with Crippen LogP contribution >= 0.6 is 11.6 Å². The molecule has 3 aromatic rings. The third-order valence-corrected chi connectivity index (χ3v) is 6.61. The molecule has 3 aromatic carbocycles. The Kier molecular flexibility index (Phi) is 8.74. The number of amides is 1. The molecule has 196 valence electrons. The summed E-state index contributed by atoms with van der Waals surface area (Å²) in [5.74, 6) is 0.323. The van der Waals surface area contributed by atoms with Crippen LogP contribution < -0.4 is 10.1 Å². The quantitative estimate of drug-likeness (QED) is 0.419. The predicted octanol–water partition coefficient (Wildman–Crippen LogP) is 5.47. The Morgan fingerprint density at radius 1 is 0.946 bits per heavy atom. The van der Waals surface area contributed by atoms with Crippen LogP contribution in [0.15, 0.2) is 66.7 Å². The molecule has 9 heteroatoms. The summed E-state index contributed by atoms with van der Waals surface area (Å²) in [6, 6.07) is 17.9. The van der Waals surface area contributed by atoms with Gasteiger partial charge in [0.1, 0.15) is 5.75 Å². The highest BCUT2D eigenvalue weighted by molar-refractivity contribution is 6.30. The van der Waals surface area contributed by atoms with Crippen LogP contribution in [0.2, 0.25) is 5.02 Å². The van der Waals surface area contributed by atoms with Gasteiger partial charge in [-0.2, -0.15) is 13.2 Å². The fraction of sp³-hybridized carbons (Fsp3) is 0.321. The standard InChI is InChI=1S/C28H29ClF3N3O2/c1-34-12-14-35(15-13-34)18-23-16-22(21-4-7-24(8-5-21)28(30,31)32)6-11-26(23)37-19-27(36)33-17-20-2-9-25(29)10-3-20/h2-11,16H,12-15,17-19H2,1H3,(H,33,36). The molecule has 37 heavy (non-hydrogen) atoms. The molecule has 0 aromatic heterocycles. The lowest BCUT2D eigenvalue weighted by molar-refractivity contribution is -0.137. The Morgan fingerprint density at radius 3 is 2.24 bits per heavy atom. The minimum absolute atomic E-state index is 0.150. The number of nitrogens with zero attached hydrogens (tertiary/aromatic N) is 2. The number of piperazine rings is 1. The summed E-state index contributed by atoms with van der Waals surface area (Å²) in [6.45, 7) is 4.50. The Balaban J connectivity index is 1.47. The van der Waals surface area contributed by atoms with Gasteiger partial charge in [0.25, 0.3) is 5.91 Å². The number of nitrogens with one attached hydrogen (secondary N) is 1. The summed E-state index contributed by atoms with van der Waals surface area (Å²) in [6.07, 6.45) is -4.38. The molecule has 0 bridgehead atoms. The number of carbonyl (C=O) groups is 1. The van der Waals surface area contributed by atoms with Gasteiger partial charge in [-0.15, -0.1) is 0 Å². The van der Waals surface area contributed by atoms with Crippen LogP contribution in [0.1, 0.15) is 16.7 Å². The van der Waals surface area contributed by atoms with Crippen LogP contribution in [0.5, 0.6) is 5.75 Å². The van der Waals surface area contributed by atoms with E-state index in [9.17, 15) is 18.0 Å². The van der Waals surface area contributed by atoms with Crippen molar-refractivity contribution in [2.75, 3.05) is 39.8 Å². The van der Waals surface area contributed by atoms with E-state index in [-0.39, 0.29) is 12.5 Å². The average molecular weight is 532 g/mol. The summed E-state index contributed by atoms with van der Waals surface area (Å²) in [5, 5.41) is 3.46. The molecule has 1 N–H and O–H groups in total. The number of likely N-dealkylation sites (N-methyl/N-ethyl adjacent to an activating group) is 1. The van der Waals surface area contributed by atoms with E-state index in [0.717, 1.165) is 55.0 Å². The van der Waals surface area contributed by atoms with E-state index >= 15 is 0 Å². The Hall–Kier alpha value is -3.07. The minimum Gasteiger partial charge on any atom is -0.483 e. The number of carbonyl (C=O) groups excluding carboxylic acids is 1. The van der Waals surface area contributed by atoms with Crippen molar-refractivity contribution in [2.24, 2.45) is 0 Å². The molecule has 0 unspecified atom stereocenters. The summed E-state index contributed by atoms with van der Waals surface area (Å²) in [4.78, 5) is 17.0. The van der Waals surface area contributed by atoms with Crippen molar-refractivity contribution in [2.45, 2.75) is 19.3 Å². The maximum Gasteiger partial charge on any atom is 0.416 e. The van der Waals surface area contributed by atoms with Crippen molar-refractivity contribution in [3.05, 3.63) is 88.4 Å². The van der Waals surface area contributed by atoms with Gasteiger partial charge in [0.15, 0.2) is 6.61 Å². The molecule has 4 rings (SSSR count). The maximum absolute atomic E-state index is 13.0. The third kappa shape index (κ3) is 7.71. The van der Waals surface area contributed by atoms with Crippen LogP contribution in [0.4, 0.5) is 13.2 Å². The van der Waals surface area contributed by atoms with Gasteiger partial charge < -0.3 is 15.0 Å². The van der Waals surface area contributed by atoms with Crippen LogP contribution in [0, 0.1) is 0 Å².